The summed E-state index contributed by atoms with van der Waals surface area (Å²) >= 11 is 5.88. The van der Waals surface area contributed by atoms with Crippen molar-refractivity contribution in [2.45, 2.75) is 20.3 Å². The van der Waals surface area contributed by atoms with Crippen LogP contribution in [0.15, 0.2) is 48.5 Å². The van der Waals surface area contributed by atoms with Crippen LogP contribution in [0.1, 0.15) is 18.9 Å². The van der Waals surface area contributed by atoms with Crippen LogP contribution in [0.4, 0.5) is 11.4 Å². The lowest BCUT2D eigenvalue weighted by atomic mass is 10.2. The topological polar surface area (TPSA) is 49.4 Å². The Bertz CT molecular complexity index is 716. The SMILES string of the molecule is CCN(C(=O)CC(=O)Nc1cccc(Cl)c1)c1cccc(C)c1. The number of nitrogens with one attached hydrogen (secondary N) is 1. The fraction of sp³-hybridized carbons (Fsp3) is 0.222. The van der Waals surface area contributed by atoms with Gasteiger partial charge in [-0.05, 0) is 49.7 Å². The van der Waals surface area contributed by atoms with E-state index in [0.717, 1.165) is 11.3 Å². The Kier molecular flexibility index (Phi) is 5.77. The predicted octanol–water partition coefficient (Wildman–Crippen LogP) is 4.03. The van der Waals surface area contributed by atoms with Gasteiger partial charge in [0.05, 0.1) is 0 Å². The van der Waals surface area contributed by atoms with E-state index in [-0.39, 0.29) is 18.2 Å². The third-order valence-corrected chi connectivity index (χ3v) is 3.59. The maximum absolute atomic E-state index is 12.4. The molecule has 0 unspecified atom stereocenters. The van der Waals surface area contributed by atoms with Gasteiger partial charge in [0.25, 0.3) is 0 Å². The largest absolute Gasteiger partial charge is 0.326 e. The molecule has 23 heavy (non-hydrogen) atoms. The van der Waals surface area contributed by atoms with Crippen LogP contribution in [0.2, 0.25) is 5.02 Å². The lowest BCUT2D eigenvalue weighted by Crippen LogP contribution is -2.33. The molecule has 5 heteroatoms. The van der Waals surface area contributed by atoms with Crippen molar-refractivity contribution >= 4 is 34.8 Å². The van der Waals surface area contributed by atoms with Gasteiger partial charge in [0, 0.05) is 22.9 Å². The van der Waals surface area contributed by atoms with Crippen molar-refractivity contribution in [1.82, 2.24) is 0 Å². The minimum absolute atomic E-state index is 0.214. The van der Waals surface area contributed by atoms with E-state index in [1.54, 1.807) is 29.2 Å². The molecule has 0 aliphatic carbocycles. The molecule has 2 aromatic rings. The molecule has 2 amide bonds. The van der Waals surface area contributed by atoms with E-state index in [1.807, 2.05) is 38.1 Å². The monoisotopic (exact) mass is 330 g/mol. The van der Waals surface area contributed by atoms with Gasteiger partial charge < -0.3 is 10.2 Å². The fourth-order valence-corrected chi connectivity index (χ4v) is 2.49. The van der Waals surface area contributed by atoms with Gasteiger partial charge in [-0.15, -0.1) is 0 Å². The summed E-state index contributed by atoms with van der Waals surface area (Å²) in [6, 6.07) is 14.5. The fourth-order valence-electron chi connectivity index (χ4n) is 2.30. The van der Waals surface area contributed by atoms with Gasteiger partial charge in [0.2, 0.25) is 11.8 Å². The van der Waals surface area contributed by atoms with Crippen LogP contribution in [0.5, 0.6) is 0 Å². The predicted molar refractivity (Wildman–Crippen MR) is 93.9 cm³/mol. The van der Waals surface area contributed by atoms with Crippen molar-refractivity contribution in [2.75, 3.05) is 16.8 Å². The lowest BCUT2D eigenvalue weighted by molar-refractivity contribution is -0.125. The Morgan fingerprint density at radius 3 is 2.52 bits per heavy atom. The number of aryl methyl sites for hydroxylation is 1. The smallest absolute Gasteiger partial charge is 0.236 e. The summed E-state index contributed by atoms with van der Waals surface area (Å²) in [7, 11) is 0. The maximum Gasteiger partial charge on any atom is 0.236 e. The highest BCUT2D eigenvalue weighted by Crippen LogP contribution is 2.18. The van der Waals surface area contributed by atoms with Crippen LogP contribution in [-0.2, 0) is 9.59 Å². The Labute approximate surface area is 141 Å². The number of nitrogens with zero attached hydrogens (tertiary/aromatic N) is 1. The van der Waals surface area contributed by atoms with Gasteiger partial charge in [0.15, 0.2) is 0 Å². The number of rotatable bonds is 5. The first-order chi connectivity index (χ1) is 11.0. The minimum Gasteiger partial charge on any atom is -0.326 e. The van der Waals surface area contributed by atoms with Gasteiger partial charge in [0.1, 0.15) is 6.42 Å². The summed E-state index contributed by atoms with van der Waals surface area (Å²) in [6.45, 7) is 4.36. The van der Waals surface area contributed by atoms with Crippen molar-refractivity contribution < 1.29 is 9.59 Å². The number of amides is 2. The zero-order valence-electron chi connectivity index (χ0n) is 13.2. The summed E-state index contributed by atoms with van der Waals surface area (Å²) in [6.07, 6.45) is -0.214. The molecule has 120 valence electrons. The number of carbonyl (C=O) groups is 2. The van der Waals surface area contributed by atoms with Crippen LogP contribution >= 0.6 is 11.6 Å². The molecule has 0 saturated carbocycles. The highest BCUT2D eigenvalue weighted by atomic mass is 35.5. The average Bonchev–Trinajstić information content (AvgIpc) is 2.47. The molecule has 4 nitrogen and oxygen atoms in total. The molecular weight excluding hydrogens is 312 g/mol. The molecule has 0 aromatic heterocycles. The normalized spacial score (nSPS) is 10.2. The van der Waals surface area contributed by atoms with Crippen LogP contribution in [0, 0.1) is 6.92 Å². The molecule has 0 radical (unpaired) electrons. The molecule has 0 aliphatic rings. The summed E-state index contributed by atoms with van der Waals surface area (Å²) in [5.41, 5.74) is 2.44. The first-order valence-electron chi connectivity index (χ1n) is 7.42. The quantitative estimate of drug-likeness (QED) is 0.841. The number of benzene rings is 2. The average molecular weight is 331 g/mol. The second-order valence-corrected chi connectivity index (χ2v) is 5.65. The number of hydrogen-bond donors (Lipinski definition) is 1. The van der Waals surface area contributed by atoms with Crippen LogP contribution in [0.3, 0.4) is 0 Å². The van der Waals surface area contributed by atoms with Gasteiger partial charge in [-0.3, -0.25) is 9.59 Å². The second-order valence-electron chi connectivity index (χ2n) is 5.21. The molecule has 1 N–H and O–H groups in total. The molecule has 2 rings (SSSR count). The van der Waals surface area contributed by atoms with Gasteiger partial charge >= 0.3 is 0 Å². The van der Waals surface area contributed by atoms with E-state index in [0.29, 0.717) is 17.3 Å². The maximum atomic E-state index is 12.4. The standard InChI is InChI=1S/C18H19ClN2O2/c1-3-21(16-9-4-6-13(2)10-16)18(23)12-17(22)20-15-8-5-7-14(19)11-15/h4-11H,3,12H2,1-2H3,(H,20,22). The number of hydrogen-bond acceptors (Lipinski definition) is 2. The van der Waals surface area contributed by atoms with Gasteiger partial charge in [-0.2, -0.15) is 0 Å². The van der Waals surface area contributed by atoms with Crippen molar-refractivity contribution in [3.05, 3.63) is 59.1 Å². The van der Waals surface area contributed by atoms with Crippen molar-refractivity contribution in [2.24, 2.45) is 0 Å². The first kappa shape index (κ1) is 17.0. The zero-order chi connectivity index (χ0) is 16.8. The molecule has 2 aromatic carbocycles. The molecular formula is C18H19ClN2O2. The van der Waals surface area contributed by atoms with E-state index < -0.39 is 0 Å². The molecule has 0 bridgehead atoms. The Morgan fingerprint density at radius 1 is 1.13 bits per heavy atom. The first-order valence-corrected chi connectivity index (χ1v) is 7.80. The van der Waals surface area contributed by atoms with Gasteiger partial charge in [-0.25, -0.2) is 0 Å². The molecule has 0 fully saturated rings. The third-order valence-electron chi connectivity index (χ3n) is 3.35. The van der Waals surface area contributed by atoms with Crippen LogP contribution in [-0.4, -0.2) is 18.4 Å². The Morgan fingerprint density at radius 2 is 1.87 bits per heavy atom. The minimum atomic E-state index is -0.358. The summed E-state index contributed by atoms with van der Waals surface area (Å²) in [4.78, 5) is 26.0. The van der Waals surface area contributed by atoms with Crippen molar-refractivity contribution in [1.29, 1.82) is 0 Å². The number of anilines is 2. The van der Waals surface area contributed by atoms with E-state index in [4.69, 9.17) is 11.6 Å². The molecule has 0 aliphatic heterocycles. The zero-order valence-corrected chi connectivity index (χ0v) is 13.9. The molecule has 0 saturated heterocycles. The van der Waals surface area contributed by atoms with Crippen LogP contribution in [0.25, 0.3) is 0 Å². The summed E-state index contributed by atoms with van der Waals surface area (Å²) < 4.78 is 0. The Hall–Kier alpha value is -2.33. The lowest BCUT2D eigenvalue weighted by Gasteiger charge is -2.21. The molecule has 0 atom stereocenters. The van der Waals surface area contributed by atoms with E-state index in [2.05, 4.69) is 5.32 Å². The highest BCUT2D eigenvalue weighted by Gasteiger charge is 2.17. The summed E-state index contributed by atoms with van der Waals surface area (Å²) in [5, 5.41) is 3.22. The third kappa shape index (κ3) is 4.83. The second kappa shape index (κ2) is 7.79. The van der Waals surface area contributed by atoms with Crippen molar-refractivity contribution in [3.63, 3.8) is 0 Å². The van der Waals surface area contributed by atoms with Crippen LogP contribution < -0.4 is 10.2 Å². The van der Waals surface area contributed by atoms with Gasteiger partial charge in [-0.1, -0.05) is 29.8 Å². The summed E-state index contributed by atoms with van der Waals surface area (Å²) in [5.74, 6) is -0.596. The molecule has 0 spiro atoms. The number of carbonyl (C=O) groups excluding carboxylic acids is 2. The van der Waals surface area contributed by atoms with E-state index in [1.165, 1.54) is 0 Å². The van der Waals surface area contributed by atoms with E-state index in [9.17, 15) is 9.59 Å². The number of halogens is 1. The highest BCUT2D eigenvalue weighted by molar-refractivity contribution is 6.30. The Balaban J connectivity index is 2.03. The molecule has 0 heterocycles. The van der Waals surface area contributed by atoms with E-state index >= 15 is 0 Å². The van der Waals surface area contributed by atoms with Crippen molar-refractivity contribution in [3.8, 4) is 0 Å².